The minimum absolute atomic E-state index is 0.0226. The van der Waals surface area contributed by atoms with Crippen LogP contribution in [0.1, 0.15) is 39.3 Å². The topological polar surface area (TPSA) is 35.2 Å². The molecule has 1 aromatic rings. The molecule has 2 N–H and O–H groups in total. The predicted octanol–water partition coefficient (Wildman–Crippen LogP) is 3.66. The number of ether oxygens (including phenoxy) is 1. The summed E-state index contributed by atoms with van der Waals surface area (Å²) in [5.41, 5.74) is 6.04. The van der Waals surface area contributed by atoms with E-state index in [1.807, 2.05) is 0 Å². The first-order chi connectivity index (χ1) is 8.64. The molecule has 2 nitrogen and oxygen atoms in total. The number of nitrogens with two attached hydrogens (primary N) is 1. The molecule has 19 heavy (non-hydrogen) atoms. The summed E-state index contributed by atoms with van der Waals surface area (Å²) in [5, 5.41) is 0. The molecule has 2 rings (SSSR count). The fourth-order valence-electron chi connectivity index (χ4n) is 3.31. The summed E-state index contributed by atoms with van der Waals surface area (Å²) in [6, 6.07) is 1.72. The highest BCUT2D eigenvalue weighted by Crippen LogP contribution is 2.72. The molecular formula is C15H21F2NO. The van der Waals surface area contributed by atoms with Gasteiger partial charge in [-0.2, -0.15) is 0 Å². The summed E-state index contributed by atoms with van der Waals surface area (Å²) in [6.07, 6.45) is 0. The summed E-state index contributed by atoms with van der Waals surface area (Å²) < 4.78 is 32.9. The maximum Gasteiger partial charge on any atom is 0.134 e. The number of halogens is 2. The van der Waals surface area contributed by atoms with Crippen LogP contribution in [0.25, 0.3) is 0 Å². The fraction of sp³-hybridized carbons (Fsp3) is 0.600. The van der Waals surface area contributed by atoms with Crippen LogP contribution >= 0.6 is 0 Å². The Hall–Kier alpha value is -1.16. The van der Waals surface area contributed by atoms with Crippen LogP contribution in [0, 0.1) is 28.4 Å². The van der Waals surface area contributed by atoms with Gasteiger partial charge in [0.05, 0.1) is 7.11 Å². The van der Waals surface area contributed by atoms with E-state index >= 15 is 0 Å². The van der Waals surface area contributed by atoms with Gasteiger partial charge in [-0.3, -0.25) is 0 Å². The van der Waals surface area contributed by atoms with Crippen molar-refractivity contribution < 1.29 is 13.5 Å². The van der Waals surface area contributed by atoms with Crippen molar-refractivity contribution in [1.29, 1.82) is 0 Å². The van der Waals surface area contributed by atoms with E-state index in [0.717, 1.165) is 0 Å². The fourth-order valence-corrected chi connectivity index (χ4v) is 3.31. The second-order valence-corrected chi connectivity index (χ2v) is 6.45. The Balaban J connectivity index is 2.39. The molecule has 0 aliphatic heterocycles. The maximum atomic E-state index is 14.0. The first kappa shape index (κ1) is 14.3. The number of rotatable bonds is 3. The third-order valence-electron chi connectivity index (χ3n) is 5.11. The van der Waals surface area contributed by atoms with Crippen molar-refractivity contribution in [2.75, 3.05) is 7.11 Å². The lowest BCUT2D eigenvalue weighted by Gasteiger charge is -2.17. The lowest BCUT2D eigenvalue weighted by atomic mass is 9.96. The van der Waals surface area contributed by atoms with Crippen LogP contribution in [0.5, 0.6) is 5.75 Å². The van der Waals surface area contributed by atoms with Crippen molar-refractivity contribution in [3.05, 3.63) is 29.3 Å². The largest absolute Gasteiger partial charge is 0.497 e. The van der Waals surface area contributed by atoms with Gasteiger partial charge in [0, 0.05) is 23.7 Å². The van der Waals surface area contributed by atoms with Crippen LogP contribution < -0.4 is 10.5 Å². The minimum atomic E-state index is -0.643. The van der Waals surface area contributed by atoms with Crippen LogP contribution in [-0.4, -0.2) is 7.11 Å². The molecule has 106 valence electrons. The van der Waals surface area contributed by atoms with Gasteiger partial charge < -0.3 is 10.5 Å². The van der Waals surface area contributed by atoms with Gasteiger partial charge in [0.25, 0.3) is 0 Å². The van der Waals surface area contributed by atoms with Crippen LogP contribution in [-0.2, 0) is 0 Å². The number of hydrogen-bond donors (Lipinski definition) is 1. The number of methoxy groups -OCH3 is 1. The first-order valence-electron chi connectivity index (χ1n) is 6.43. The Kier molecular flexibility index (Phi) is 3.13. The van der Waals surface area contributed by atoms with Gasteiger partial charge in [-0.15, -0.1) is 0 Å². The van der Waals surface area contributed by atoms with Crippen LogP contribution in [0.3, 0.4) is 0 Å². The van der Waals surface area contributed by atoms with Crippen molar-refractivity contribution in [2.24, 2.45) is 22.5 Å². The highest BCUT2D eigenvalue weighted by molar-refractivity contribution is 5.35. The zero-order chi connectivity index (χ0) is 14.6. The lowest BCUT2D eigenvalue weighted by molar-refractivity contribution is 0.398. The van der Waals surface area contributed by atoms with Crippen molar-refractivity contribution in [1.82, 2.24) is 0 Å². The average Bonchev–Trinajstić information content (AvgIpc) is 2.67. The van der Waals surface area contributed by atoms with Crippen molar-refractivity contribution in [2.45, 2.75) is 33.7 Å². The van der Waals surface area contributed by atoms with E-state index < -0.39 is 17.7 Å². The van der Waals surface area contributed by atoms with E-state index in [-0.39, 0.29) is 28.1 Å². The van der Waals surface area contributed by atoms with Crippen LogP contribution in [0.4, 0.5) is 8.78 Å². The molecular weight excluding hydrogens is 248 g/mol. The normalized spacial score (nSPS) is 22.1. The molecule has 1 atom stereocenters. The molecule has 0 spiro atoms. The molecule has 0 aromatic heterocycles. The molecule has 1 aliphatic rings. The van der Waals surface area contributed by atoms with Gasteiger partial charge in [-0.25, -0.2) is 8.78 Å². The number of benzene rings is 1. The molecule has 1 unspecified atom stereocenters. The van der Waals surface area contributed by atoms with E-state index in [1.165, 1.54) is 19.2 Å². The van der Waals surface area contributed by atoms with Crippen molar-refractivity contribution in [3.63, 3.8) is 0 Å². The second kappa shape index (κ2) is 4.17. The van der Waals surface area contributed by atoms with Crippen LogP contribution in [0.15, 0.2) is 12.1 Å². The Morgan fingerprint density at radius 3 is 1.84 bits per heavy atom. The summed E-state index contributed by atoms with van der Waals surface area (Å²) >= 11 is 0. The molecule has 0 amide bonds. The molecule has 0 bridgehead atoms. The molecule has 1 aromatic carbocycles. The third kappa shape index (κ3) is 1.93. The summed E-state index contributed by atoms with van der Waals surface area (Å²) in [5.74, 6) is -1.05. The van der Waals surface area contributed by atoms with E-state index in [0.29, 0.717) is 0 Å². The van der Waals surface area contributed by atoms with Crippen molar-refractivity contribution in [3.8, 4) is 5.75 Å². The summed E-state index contributed by atoms with van der Waals surface area (Å²) in [4.78, 5) is 0. The van der Waals surface area contributed by atoms with E-state index in [2.05, 4.69) is 27.7 Å². The molecule has 0 heterocycles. The monoisotopic (exact) mass is 269 g/mol. The maximum absolute atomic E-state index is 14.0. The standard InChI is InChI=1S/C15H21F2NO/c1-14(2)13(15(14,3)4)12(18)11-9(16)6-8(19-5)7-10(11)17/h6-7,12-13H,18H2,1-5H3. The predicted molar refractivity (Wildman–Crippen MR) is 70.9 cm³/mol. The third-order valence-corrected chi connectivity index (χ3v) is 5.11. The van der Waals surface area contributed by atoms with Gasteiger partial charge in [0.1, 0.15) is 17.4 Å². The lowest BCUT2D eigenvalue weighted by Crippen LogP contribution is -2.19. The van der Waals surface area contributed by atoms with Gasteiger partial charge in [0.15, 0.2) is 0 Å². The van der Waals surface area contributed by atoms with E-state index in [1.54, 1.807) is 0 Å². The van der Waals surface area contributed by atoms with Gasteiger partial charge in [0.2, 0.25) is 0 Å². The molecule has 1 saturated carbocycles. The van der Waals surface area contributed by atoms with Crippen LogP contribution in [0.2, 0.25) is 0 Å². The highest BCUT2D eigenvalue weighted by Gasteiger charge is 2.67. The average molecular weight is 269 g/mol. The zero-order valence-electron chi connectivity index (χ0n) is 12.1. The van der Waals surface area contributed by atoms with Crippen molar-refractivity contribution >= 4 is 0 Å². The highest BCUT2D eigenvalue weighted by atomic mass is 19.1. The zero-order valence-corrected chi connectivity index (χ0v) is 12.1. The van der Waals surface area contributed by atoms with E-state index in [4.69, 9.17) is 10.5 Å². The van der Waals surface area contributed by atoms with E-state index in [9.17, 15) is 8.78 Å². The summed E-state index contributed by atoms with van der Waals surface area (Å²) in [7, 11) is 1.38. The number of hydrogen-bond acceptors (Lipinski definition) is 2. The molecule has 4 heteroatoms. The Labute approximate surface area is 112 Å². The SMILES string of the molecule is COc1cc(F)c(C(N)C2C(C)(C)C2(C)C)c(F)c1. The Bertz CT molecular complexity index is 474. The summed E-state index contributed by atoms with van der Waals surface area (Å²) in [6.45, 7) is 8.32. The molecule has 0 radical (unpaired) electrons. The second-order valence-electron chi connectivity index (χ2n) is 6.45. The van der Waals surface area contributed by atoms with Gasteiger partial charge in [-0.05, 0) is 16.7 Å². The first-order valence-corrected chi connectivity index (χ1v) is 6.43. The van der Waals surface area contributed by atoms with Gasteiger partial charge >= 0.3 is 0 Å². The smallest absolute Gasteiger partial charge is 0.134 e. The Morgan fingerprint density at radius 2 is 1.53 bits per heavy atom. The quantitative estimate of drug-likeness (QED) is 0.909. The molecule has 0 saturated heterocycles. The minimum Gasteiger partial charge on any atom is -0.497 e. The molecule has 1 aliphatic carbocycles. The molecule has 1 fully saturated rings. The van der Waals surface area contributed by atoms with Gasteiger partial charge in [-0.1, -0.05) is 27.7 Å². The Morgan fingerprint density at radius 1 is 1.11 bits per heavy atom.